The number of allylic oxidation sites excluding steroid dienone is 2. The summed E-state index contributed by atoms with van der Waals surface area (Å²) in [6, 6.07) is 12.1. The number of nitrogens with zero attached hydrogens (tertiary/aromatic N) is 3. The van der Waals surface area contributed by atoms with Crippen LogP contribution >= 0.6 is 23.1 Å². The van der Waals surface area contributed by atoms with Gasteiger partial charge < -0.3 is 5.73 Å². The highest BCUT2D eigenvalue weighted by atomic mass is 35.5. The van der Waals surface area contributed by atoms with Crippen molar-refractivity contribution in [3.05, 3.63) is 52.2 Å². The van der Waals surface area contributed by atoms with Gasteiger partial charge in [-0.25, -0.2) is 0 Å². The highest BCUT2D eigenvalue weighted by Crippen LogP contribution is 2.59. The van der Waals surface area contributed by atoms with Crippen LogP contribution in [-0.2, 0) is 5.41 Å². The molecule has 2 aliphatic carbocycles. The fourth-order valence-corrected chi connectivity index (χ4v) is 5.27. The van der Waals surface area contributed by atoms with Crippen LogP contribution in [0.2, 0.25) is 5.02 Å². The van der Waals surface area contributed by atoms with Crippen LogP contribution in [0.1, 0.15) is 42.0 Å². The van der Waals surface area contributed by atoms with Gasteiger partial charge in [-0.3, -0.25) is 0 Å². The molecule has 0 unspecified atom stereocenters. The second kappa shape index (κ2) is 5.88. The Kier molecular flexibility index (Phi) is 3.80. The molecule has 25 heavy (non-hydrogen) atoms. The lowest BCUT2D eigenvalue weighted by Gasteiger charge is -2.43. The fraction of sp³-hybridized carbons (Fsp3) is 0.316. The van der Waals surface area contributed by atoms with E-state index in [1.165, 1.54) is 0 Å². The molecule has 1 heterocycles. The zero-order valence-electron chi connectivity index (χ0n) is 13.4. The lowest BCUT2D eigenvalue weighted by molar-refractivity contribution is 0.373. The average molecular weight is 367 g/mol. The predicted molar refractivity (Wildman–Crippen MR) is 98.9 cm³/mol. The number of benzene rings is 1. The van der Waals surface area contributed by atoms with Crippen LogP contribution in [-0.4, -0.2) is 4.37 Å². The Morgan fingerprint density at radius 1 is 1.28 bits per heavy atom. The monoisotopic (exact) mass is 366 g/mol. The van der Waals surface area contributed by atoms with Crippen molar-refractivity contribution in [1.82, 2.24) is 4.37 Å². The minimum Gasteiger partial charge on any atom is -0.389 e. The first-order chi connectivity index (χ1) is 12.1. The number of halogens is 1. The van der Waals surface area contributed by atoms with Gasteiger partial charge in [-0.2, -0.15) is 14.9 Å². The topological polar surface area (TPSA) is 86.5 Å². The first-order valence-corrected chi connectivity index (χ1v) is 9.32. The molecule has 0 fully saturated rings. The van der Waals surface area contributed by atoms with E-state index in [4.69, 9.17) is 17.3 Å². The summed E-state index contributed by atoms with van der Waals surface area (Å²) >= 11 is 7.64. The number of hydrogen-bond donors (Lipinski definition) is 1. The maximum atomic E-state index is 10.1. The van der Waals surface area contributed by atoms with Crippen LogP contribution < -0.4 is 5.73 Å². The van der Waals surface area contributed by atoms with Crippen LogP contribution in [0.5, 0.6) is 0 Å². The quantitative estimate of drug-likeness (QED) is 0.796. The van der Waals surface area contributed by atoms with Crippen molar-refractivity contribution in [2.45, 2.75) is 30.6 Å². The van der Waals surface area contributed by atoms with Crippen LogP contribution in [0.4, 0.5) is 5.00 Å². The molecular weight excluding hydrogens is 352 g/mol. The molecule has 0 saturated heterocycles. The van der Waals surface area contributed by atoms with Crippen LogP contribution in [0.15, 0.2) is 30.3 Å². The summed E-state index contributed by atoms with van der Waals surface area (Å²) < 4.78 is 4.44. The number of fused-ring (bicyclic) bond motifs is 3. The van der Waals surface area contributed by atoms with Crippen molar-refractivity contribution in [1.29, 1.82) is 10.5 Å². The van der Waals surface area contributed by atoms with Gasteiger partial charge in [0.25, 0.3) is 0 Å². The molecule has 0 bridgehead atoms. The zero-order chi connectivity index (χ0) is 17.6. The van der Waals surface area contributed by atoms with Crippen molar-refractivity contribution in [2.75, 3.05) is 5.73 Å². The number of nitrogens with two attached hydrogens (primary N) is 1. The van der Waals surface area contributed by atoms with Crippen molar-refractivity contribution in [3.8, 4) is 12.1 Å². The minimum absolute atomic E-state index is 0.0409. The largest absolute Gasteiger partial charge is 0.389 e. The molecule has 2 aromatic rings. The third-order valence-corrected chi connectivity index (χ3v) is 6.34. The summed E-state index contributed by atoms with van der Waals surface area (Å²) in [5, 5.41) is 21.4. The van der Waals surface area contributed by atoms with Crippen LogP contribution in [0, 0.1) is 28.6 Å². The van der Waals surface area contributed by atoms with Crippen molar-refractivity contribution in [2.24, 2.45) is 5.92 Å². The second-order valence-electron chi connectivity index (χ2n) is 6.50. The van der Waals surface area contributed by atoms with Gasteiger partial charge in [0.15, 0.2) is 5.41 Å². The number of rotatable bonds is 1. The van der Waals surface area contributed by atoms with Crippen molar-refractivity contribution >= 4 is 33.7 Å². The fourth-order valence-electron chi connectivity index (χ4n) is 4.28. The average Bonchev–Trinajstić information content (AvgIpc) is 3.04. The smallest absolute Gasteiger partial charge is 0.194 e. The number of aromatic nitrogens is 1. The third-order valence-electron chi connectivity index (χ3n) is 5.33. The number of anilines is 1. The normalized spacial score (nSPS) is 23.6. The Morgan fingerprint density at radius 3 is 2.76 bits per heavy atom. The number of nitriles is 2. The molecule has 2 atom stereocenters. The van der Waals surface area contributed by atoms with E-state index in [1.807, 2.05) is 24.3 Å². The molecule has 1 aromatic heterocycles. The summed E-state index contributed by atoms with van der Waals surface area (Å²) in [5.41, 5.74) is 8.06. The molecule has 124 valence electrons. The molecule has 0 saturated carbocycles. The maximum absolute atomic E-state index is 10.1. The van der Waals surface area contributed by atoms with Gasteiger partial charge in [-0.05, 0) is 53.9 Å². The predicted octanol–water partition coefficient (Wildman–Crippen LogP) is 4.64. The first kappa shape index (κ1) is 16.1. The molecule has 4 rings (SSSR count). The maximum Gasteiger partial charge on any atom is 0.194 e. The molecule has 2 aliphatic rings. The minimum atomic E-state index is -1.38. The van der Waals surface area contributed by atoms with Crippen molar-refractivity contribution < 1.29 is 0 Å². The second-order valence-corrected chi connectivity index (χ2v) is 7.71. The van der Waals surface area contributed by atoms with E-state index >= 15 is 0 Å². The van der Waals surface area contributed by atoms with Gasteiger partial charge in [0.05, 0.1) is 17.8 Å². The van der Waals surface area contributed by atoms with Gasteiger partial charge in [0, 0.05) is 16.5 Å². The van der Waals surface area contributed by atoms with E-state index in [0.717, 1.165) is 47.5 Å². The Hall–Kier alpha value is -2.34. The van der Waals surface area contributed by atoms with Crippen molar-refractivity contribution in [3.63, 3.8) is 0 Å². The Balaban J connectivity index is 2.08. The van der Waals surface area contributed by atoms with Gasteiger partial charge in [-0.1, -0.05) is 35.9 Å². The van der Waals surface area contributed by atoms with E-state index in [9.17, 15) is 10.5 Å². The molecule has 1 aromatic carbocycles. The standard InChI is InChI=1S/C19H15ClN4S/c20-14-8-4-3-7-13(14)16-12-6-2-1-5-11(12)15-17(24-25-18(15)23)19(16,9-21)10-22/h3-5,7-8,12,16H,1-2,6,23H2/t12-,16+/m1/s1. The third kappa shape index (κ3) is 2.13. The highest BCUT2D eigenvalue weighted by molar-refractivity contribution is 7.10. The summed E-state index contributed by atoms with van der Waals surface area (Å²) in [7, 11) is 0. The molecule has 0 aliphatic heterocycles. The van der Waals surface area contributed by atoms with Gasteiger partial charge in [0.2, 0.25) is 0 Å². The molecule has 2 N–H and O–H groups in total. The summed E-state index contributed by atoms with van der Waals surface area (Å²) in [5.74, 6) is -0.309. The van der Waals surface area contributed by atoms with Gasteiger partial charge in [-0.15, -0.1) is 0 Å². The Labute approximate surface area is 155 Å². The van der Waals surface area contributed by atoms with E-state index in [0.29, 0.717) is 15.7 Å². The lowest BCUT2D eigenvalue weighted by atomic mass is 9.56. The zero-order valence-corrected chi connectivity index (χ0v) is 14.9. The van der Waals surface area contributed by atoms with Gasteiger partial charge in [0.1, 0.15) is 5.00 Å². The van der Waals surface area contributed by atoms with E-state index in [2.05, 4.69) is 22.6 Å². The SMILES string of the molecule is N#CC1(C#N)c2nsc(N)c2C2=CCCC[C@H]2[C@H]1c1ccccc1Cl. The van der Waals surface area contributed by atoms with E-state index in [1.54, 1.807) is 0 Å². The highest BCUT2D eigenvalue weighted by Gasteiger charge is 2.55. The Bertz CT molecular complexity index is 949. The summed E-state index contributed by atoms with van der Waals surface area (Å²) in [6.07, 6.45) is 5.10. The summed E-state index contributed by atoms with van der Waals surface area (Å²) in [4.78, 5) is 0. The molecule has 0 amide bonds. The van der Waals surface area contributed by atoms with Crippen LogP contribution in [0.3, 0.4) is 0 Å². The number of nitrogen functional groups attached to an aromatic ring is 1. The number of hydrogen-bond acceptors (Lipinski definition) is 5. The van der Waals surface area contributed by atoms with E-state index < -0.39 is 5.41 Å². The Morgan fingerprint density at radius 2 is 2.04 bits per heavy atom. The summed E-state index contributed by atoms with van der Waals surface area (Å²) in [6.45, 7) is 0. The lowest BCUT2D eigenvalue weighted by Crippen LogP contribution is -2.41. The molecule has 0 spiro atoms. The molecule has 6 heteroatoms. The van der Waals surface area contributed by atoms with E-state index in [-0.39, 0.29) is 11.8 Å². The van der Waals surface area contributed by atoms with Gasteiger partial charge >= 0.3 is 0 Å². The molecule has 4 nitrogen and oxygen atoms in total. The van der Waals surface area contributed by atoms with Crippen LogP contribution in [0.25, 0.3) is 5.57 Å². The molecular formula is C19H15ClN4S. The molecule has 0 radical (unpaired) electrons. The first-order valence-electron chi connectivity index (χ1n) is 8.17.